The van der Waals surface area contributed by atoms with Gasteiger partial charge in [0.25, 0.3) is 0 Å². The number of esters is 2. The Bertz CT molecular complexity index is 1370. The van der Waals surface area contributed by atoms with Crippen LogP contribution in [0, 0.1) is 11.3 Å². The van der Waals surface area contributed by atoms with E-state index in [1.807, 2.05) is 59.3 Å². The molecule has 2 aromatic carbocycles. The maximum absolute atomic E-state index is 12.3. The number of fused-ring (bicyclic) bond motifs is 1. The molecule has 0 radical (unpaired) electrons. The molecule has 2 aromatic heterocycles. The van der Waals surface area contributed by atoms with E-state index in [4.69, 9.17) is 4.74 Å². The average molecular weight is 424 g/mol. The summed E-state index contributed by atoms with van der Waals surface area (Å²) in [5, 5.41) is 14.5. The number of benzene rings is 2. The highest BCUT2D eigenvalue weighted by atomic mass is 16.6. The zero-order valence-corrected chi connectivity index (χ0v) is 17.6. The van der Waals surface area contributed by atoms with Crippen LogP contribution < -0.4 is 0 Å². The van der Waals surface area contributed by atoms with Crippen molar-refractivity contribution in [3.63, 3.8) is 0 Å². The lowest BCUT2D eigenvalue weighted by atomic mass is 10.1. The molecule has 7 heteroatoms. The van der Waals surface area contributed by atoms with Gasteiger partial charge in [0.1, 0.15) is 6.07 Å². The van der Waals surface area contributed by atoms with E-state index in [0.717, 1.165) is 16.5 Å². The van der Waals surface area contributed by atoms with Crippen molar-refractivity contribution < 1.29 is 14.3 Å². The van der Waals surface area contributed by atoms with Gasteiger partial charge in [-0.1, -0.05) is 30.3 Å². The van der Waals surface area contributed by atoms with Crippen LogP contribution in [0.15, 0.2) is 73.2 Å². The molecular formula is C25H20N4O3. The van der Waals surface area contributed by atoms with E-state index in [9.17, 15) is 14.9 Å². The Morgan fingerprint density at radius 3 is 2.62 bits per heavy atom. The lowest BCUT2D eigenvalue weighted by Crippen LogP contribution is -2.09. The molecule has 0 amide bonds. The summed E-state index contributed by atoms with van der Waals surface area (Å²) in [6.07, 6.45) is 7.44. The first-order valence-electron chi connectivity index (χ1n) is 10.1. The van der Waals surface area contributed by atoms with Crippen LogP contribution in [0.25, 0.3) is 22.7 Å². The highest BCUT2D eigenvalue weighted by Crippen LogP contribution is 2.26. The number of aromatic nitrogens is 3. The summed E-state index contributed by atoms with van der Waals surface area (Å²) >= 11 is 0. The first-order chi connectivity index (χ1) is 15.5. The first kappa shape index (κ1) is 20.8. The third-order valence-corrected chi connectivity index (χ3v) is 4.98. The van der Waals surface area contributed by atoms with Gasteiger partial charge in [-0.05, 0) is 43.7 Å². The Hall–Kier alpha value is -4.44. The third-order valence-electron chi connectivity index (χ3n) is 4.98. The summed E-state index contributed by atoms with van der Waals surface area (Å²) in [5.41, 5.74) is 3.17. The van der Waals surface area contributed by atoms with Crippen molar-refractivity contribution >= 4 is 28.9 Å². The Morgan fingerprint density at radius 1 is 1.12 bits per heavy atom. The molecule has 4 aromatic rings. The quantitative estimate of drug-likeness (QED) is 0.264. The van der Waals surface area contributed by atoms with Gasteiger partial charge in [-0.2, -0.15) is 10.4 Å². The summed E-state index contributed by atoms with van der Waals surface area (Å²) < 4.78 is 8.43. The molecule has 0 fully saturated rings. The SMILES string of the molecule is CC(C)n1cc(C#N)c2cc(-n3cc(C(=O)OC(=O)/C=C/c4ccccc4)cn3)ccc21. The molecule has 0 bridgehead atoms. The van der Waals surface area contributed by atoms with Gasteiger partial charge < -0.3 is 9.30 Å². The molecule has 158 valence electrons. The second kappa shape index (κ2) is 8.74. The van der Waals surface area contributed by atoms with E-state index in [-0.39, 0.29) is 11.6 Å². The number of nitriles is 1. The van der Waals surface area contributed by atoms with Gasteiger partial charge in [0.05, 0.1) is 23.0 Å². The van der Waals surface area contributed by atoms with E-state index in [1.165, 1.54) is 23.2 Å². The number of nitrogens with zero attached hydrogens (tertiary/aromatic N) is 4. The number of ether oxygens (including phenoxy) is 1. The minimum Gasteiger partial charge on any atom is -0.386 e. The summed E-state index contributed by atoms with van der Waals surface area (Å²) in [7, 11) is 0. The second-order valence-corrected chi connectivity index (χ2v) is 7.48. The third kappa shape index (κ3) is 4.20. The second-order valence-electron chi connectivity index (χ2n) is 7.48. The lowest BCUT2D eigenvalue weighted by Gasteiger charge is -2.09. The lowest BCUT2D eigenvalue weighted by molar-refractivity contribution is -0.132. The van der Waals surface area contributed by atoms with Crippen LogP contribution >= 0.6 is 0 Å². The van der Waals surface area contributed by atoms with Gasteiger partial charge in [0.2, 0.25) is 0 Å². The van der Waals surface area contributed by atoms with Gasteiger partial charge in [0, 0.05) is 35.4 Å². The molecule has 4 rings (SSSR count). The van der Waals surface area contributed by atoms with Crippen molar-refractivity contribution in [2.45, 2.75) is 19.9 Å². The Morgan fingerprint density at radius 2 is 1.91 bits per heavy atom. The van der Waals surface area contributed by atoms with Crippen LogP contribution in [0.3, 0.4) is 0 Å². The predicted molar refractivity (Wildman–Crippen MR) is 120 cm³/mol. The minimum absolute atomic E-state index is 0.145. The van der Waals surface area contributed by atoms with E-state index in [0.29, 0.717) is 11.3 Å². The van der Waals surface area contributed by atoms with Crippen LogP contribution in [0.5, 0.6) is 0 Å². The molecule has 2 heterocycles. The van der Waals surface area contributed by atoms with Crippen molar-refractivity contribution in [3.8, 4) is 11.8 Å². The number of rotatable bonds is 5. The number of carbonyl (C=O) groups excluding carboxylic acids is 2. The Kier molecular flexibility index (Phi) is 5.69. The van der Waals surface area contributed by atoms with E-state index in [2.05, 4.69) is 25.0 Å². The van der Waals surface area contributed by atoms with Gasteiger partial charge in [-0.3, -0.25) is 0 Å². The molecule has 0 spiro atoms. The molecule has 0 aliphatic rings. The van der Waals surface area contributed by atoms with Crippen molar-refractivity contribution in [2.75, 3.05) is 0 Å². The van der Waals surface area contributed by atoms with Gasteiger partial charge in [0.15, 0.2) is 0 Å². The molecule has 0 N–H and O–H groups in total. The predicted octanol–water partition coefficient (Wildman–Crippen LogP) is 4.68. The van der Waals surface area contributed by atoms with Crippen LogP contribution in [0.4, 0.5) is 0 Å². The Labute approximate surface area is 184 Å². The number of hydrogen-bond donors (Lipinski definition) is 0. The van der Waals surface area contributed by atoms with Crippen molar-refractivity contribution in [3.05, 3.63) is 89.9 Å². The molecule has 0 aliphatic carbocycles. The smallest absolute Gasteiger partial charge is 0.349 e. The molecule has 32 heavy (non-hydrogen) atoms. The topological polar surface area (TPSA) is 89.9 Å². The van der Waals surface area contributed by atoms with Crippen LogP contribution in [0.2, 0.25) is 0 Å². The minimum atomic E-state index is -0.788. The average Bonchev–Trinajstić information content (AvgIpc) is 3.43. The molecule has 0 unspecified atom stereocenters. The summed E-state index contributed by atoms with van der Waals surface area (Å²) in [6, 6.07) is 17.3. The summed E-state index contributed by atoms with van der Waals surface area (Å²) in [6.45, 7) is 4.10. The number of hydrogen-bond acceptors (Lipinski definition) is 5. The summed E-state index contributed by atoms with van der Waals surface area (Å²) in [4.78, 5) is 24.3. The van der Waals surface area contributed by atoms with Gasteiger partial charge in [-0.15, -0.1) is 0 Å². The van der Waals surface area contributed by atoms with Crippen LogP contribution in [-0.2, 0) is 9.53 Å². The molecule has 0 aliphatic heterocycles. The maximum atomic E-state index is 12.3. The standard InChI is InChI=1S/C25H20N4O3/c1-17(2)28-15-19(13-26)22-12-21(9-10-23(22)28)29-16-20(14-27-29)25(31)32-24(30)11-8-18-6-4-3-5-7-18/h3-12,14-17H,1-2H3/b11-8+. The van der Waals surface area contributed by atoms with Crippen LogP contribution in [-0.4, -0.2) is 26.3 Å². The van der Waals surface area contributed by atoms with E-state index < -0.39 is 11.9 Å². The monoisotopic (exact) mass is 424 g/mol. The van der Waals surface area contributed by atoms with Crippen molar-refractivity contribution in [1.82, 2.24) is 14.3 Å². The van der Waals surface area contributed by atoms with Crippen molar-refractivity contribution in [1.29, 1.82) is 5.26 Å². The molecule has 7 nitrogen and oxygen atoms in total. The van der Waals surface area contributed by atoms with E-state index >= 15 is 0 Å². The van der Waals surface area contributed by atoms with Gasteiger partial charge in [-0.25, -0.2) is 14.3 Å². The fraction of sp³-hybridized carbons (Fsp3) is 0.120. The molecule has 0 saturated heterocycles. The fourth-order valence-corrected chi connectivity index (χ4v) is 3.38. The molecule has 0 atom stereocenters. The number of carbonyl (C=O) groups is 2. The van der Waals surface area contributed by atoms with Gasteiger partial charge >= 0.3 is 11.9 Å². The van der Waals surface area contributed by atoms with Crippen LogP contribution in [0.1, 0.15) is 41.4 Å². The molecule has 0 saturated carbocycles. The van der Waals surface area contributed by atoms with Crippen molar-refractivity contribution in [2.24, 2.45) is 0 Å². The molecular weight excluding hydrogens is 404 g/mol. The zero-order valence-electron chi connectivity index (χ0n) is 17.6. The summed E-state index contributed by atoms with van der Waals surface area (Å²) in [5.74, 6) is -1.55. The normalized spacial score (nSPS) is 11.2. The first-order valence-corrected chi connectivity index (χ1v) is 10.1. The largest absolute Gasteiger partial charge is 0.386 e. The Balaban J connectivity index is 1.52. The zero-order chi connectivity index (χ0) is 22.7. The highest BCUT2D eigenvalue weighted by Gasteiger charge is 2.16. The maximum Gasteiger partial charge on any atom is 0.349 e. The fourth-order valence-electron chi connectivity index (χ4n) is 3.38. The highest BCUT2D eigenvalue weighted by molar-refractivity contribution is 6.01. The van der Waals surface area contributed by atoms with E-state index in [1.54, 1.807) is 6.08 Å².